The van der Waals surface area contributed by atoms with Gasteiger partial charge in [-0.15, -0.1) is 0 Å². The van der Waals surface area contributed by atoms with Crippen molar-refractivity contribution in [2.75, 3.05) is 0 Å². The summed E-state index contributed by atoms with van der Waals surface area (Å²) in [7, 11) is 0. The van der Waals surface area contributed by atoms with E-state index in [-0.39, 0.29) is 26.2 Å². The quantitative estimate of drug-likeness (QED) is 0.751. The van der Waals surface area contributed by atoms with Gasteiger partial charge in [-0.1, -0.05) is 49.8 Å². The van der Waals surface area contributed by atoms with Crippen LogP contribution in [0.3, 0.4) is 0 Å². The summed E-state index contributed by atoms with van der Waals surface area (Å²) >= 11 is 0. The Bertz CT molecular complexity index is 302. The molecule has 0 fully saturated rings. The van der Waals surface area contributed by atoms with Crippen LogP contribution in [0.1, 0.15) is 36.8 Å². The molecule has 0 saturated carbocycles. The topological polar surface area (TPSA) is 0 Å². The van der Waals surface area contributed by atoms with Crippen molar-refractivity contribution in [3.05, 3.63) is 41.5 Å². The number of rotatable bonds is 2. The SMILES string of the molecule is CCCC1C=Cc2ccccc21.[Zr]. The van der Waals surface area contributed by atoms with Gasteiger partial charge in [-0.2, -0.15) is 0 Å². The van der Waals surface area contributed by atoms with E-state index in [9.17, 15) is 0 Å². The second-order valence-electron chi connectivity index (χ2n) is 3.38. The molecule has 0 radical (unpaired) electrons. The maximum absolute atomic E-state index is 2.33. The predicted molar refractivity (Wildman–Crippen MR) is 53.1 cm³/mol. The van der Waals surface area contributed by atoms with E-state index in [1.165, 1.54) is 24.0 Å². The summed E-state index contributed by atoms with van der Waals surface area (Å²) < 4.78 is 0. The first kappa shape index (κ1) is 10.9. The van der Waals surface area contributed by atoms with Crippen molar-refractivity contribution in [2.45, 2.75) is 25.7 Å². The van der Waals surface area contributed by atoms with Crippen LogP contribution in [0.4, 0.5) is 0 Å². The zero-order chi connectivity index (χ0) is 8.39. The first-order valence-corrected chi connectivity index (χ1v) is 4.69. The standard InChI is InChI=1S/C12H14.Zr/c1-2-5-10-8-9-11-6-3-4-7-12(10)11;/h3-4,6-10H,2,5H2,1H3;. The van der Waals surface area contributed by atoms with Crippen LogP contribution in [0.25, 0.3) is 6.08 Å². The number of allylic oxidation sites excluding steroid dienone is 1. The largest absolute Gasteiger partial charge is 0.0764 e. The van der Waals surface area contributed by atoms with Crippen LogP contribution in [-0.2, 0) is 26.2 Å². The summed E-state index contributed by atoms with van der Waals surface area (Å²) in [6.45, 7) is 2.24. The predicted octanol–water partition coefficient (Wildman–Crippen LogP) is 3.59. The normalized spacial score (nSPS) is 18.1. The molecule has 1 atom stereocenters. The third-order valence-electron chi connectivity index (χ3n) is 2.50. The average molecular weight is 249 g/mol. The molecular formula is C12H14Zr. The minimum atomic E-state index is 0. The van der Waals surface area contributed by atoms with Crippen LogP contribution in [0.15, 0.2) is 30.3 Å². The average Bonchev–Trinajstić information content (AvgIpc) is 2.50. The second-order valence-corrected chi connectivity index (χ2v) is 3.38. The van der Waals surface area contributed by atoms with Crippen LogP contribution in [0.5, 0.6) is 0 Å². The molecule has 2 rings (SSSR count). The molecule has 1 aromatic rings. The first-order valence-electron chi connectivity index (χ1n) is 4.69. The molecule has 0 aliphatic heterocycles. The molecule has 1 aliphatic rings. The summed E-state index contributed by atoms with van der Waals surface area (Å²) in [5.41, 5.74) is 2.93. The molecule has 0 nitrogen and oxygen atoms in total. The summed E-state index contributed by atoms with van der Waals surface area (Å²) in [5.74, 6) is 0.686. The molecule has 0 N–H and O–H groups in total. The third kappa shape index (κ3) is 2.20. The van der Waals surface area contributed by atoms with E-state index in [0.29, 0.717) is 5.92 Å². The molecule has 1 unspecified atom stereocenters. The van der Waals surface area contributed by atoms with E-state index >= 15 is 0 Å². The van der Waals surface area contributed by atoms with E-state index in [1.54, 1.807) is 0 Å². The Kier molecular flexibility index (Phi) is 4.12. The van der Waals surface area contributed by atoms with Crippen molar-refractivity contribution >= 4 is 6.08 Å². The van der Waals surface area contributed by atoms with Gasteiger partial charge >= 0.3 is 0 Å². The summed E-state index contributed by atoms with van der Waals surface area (Å²) in [4.78, 5) is 0. The Hall–Kier alpha value is -0.157. The maximum Gasteiger partial charge on any atom is 0.00271 e. The summed E-state index contributed by atoms with van der Waals surface area (Å²) in [6.07, 6.45) is 7.13. The number of hydrogen-bond donors (Lipinski definition) is 0. The van der Waals surface area contributed by atoms with Crippen LogP contribution in [-0.4, -0.2) is 0 Å². The van der Waals surface area contributed by atoms with Crippen molar-refractivity contribution < 1.29 is 26.2 Å². The minimum Gasteiger partial charge on any atom is -0.0764 e. The van der Waals surface area contributed by atoms with Gasteiger partial charge in [-0.05, 0) is 17.5 Å². The zero-order valence-electron chi connectivity index (χ0n) is 7.96. The van der Waals surface area contributed by atoms with Gasteiger partial charge in [0.1, 0.15) is 0 Å². The number of benzene rings is 1. The van der Waals surface area contributed by atoms with Crippen LogP contribution in [0.2, 0.25) is 0 Å². The molecule has 0 amide bonds. The molecule has 1 heteroatoms. The number of fused-ring (bicyclic) bond motifs is 1. The van der Waals surface area contributed by atoms with E-state index in [4.69, 9.17) is 0 Å². The Labute approximate surface area is 99.2 Å². The van der Waals surface area contributed by atoms with Gasteiger partial charge in [-0.25, -0.2) is 0 Å². The number of hydrogen-bond acceptors (Lipinski definition) is 0. The smallest absolute Gasteiger partial charge is 0.00271 e. The third-order valence-corrected chi connectivity index (χ3v) is 2.50. The molecule has 1 aromatic carbocycles. The van der Waals surface area contributed by atoms with Crippen molar-refractivity contribution in [2.24, 2.45) is 0 Å². The molecule has 0 saturated heterocycles. The first-order chi connectivity index (χ1) is 5.92. The van der Waals surface area contributed by atoms with Crippen LogP contribution in [0, 0.1) is 0 Å². The van der Waals surface area contributed by atoms with Gasteiger partial charge in [0.15, 0.2) is 0 Å². The maximum atomic E-state index is 2.33. The van der Waals surface area contributed by atoms with Gasteiger partial charge in [0, 0.05) is 32.1 Å². The molecule has 0 aromatic heterocycles. The van der Waals surface area contributed by atoms with Crippen molar-refractivity contribution in [1.29, 1.82) is 0 Å². The monoisotopic (exact) mass is 248 g/mol. The minimum absolute atomic E-state index is 0. The summed E-state index contributed by atoms with van der Waals surface area (Å²) in [6, 6.07) is 8.68. The van der Waals surface area contributed by atoms with Gasteiger partial charge in [-0.3, -0.25) is 0 Å². The zero-order valence-corrected chi connectivity index (χ0v) is 10.4. The second kappa shape index (κ2) is 4.91. The van der Waals surface area contributed by atoms with Gasteiger partial charge in [0.05, 0.1) is 0 Å². The Balaban J connectivity index is 0.000000845. The van der Waals surface area contributed by atoms with Gasteiger partial charge in [0.2, 0.25) is 0 Å². The fourth-order valence-electron chi connectivity index (χ4n) is 1.89. The Morgan fingerprint density at radius 2 is 2.00 bits per heavy atom. The fraction of sp³-hybridized carbons (Fsp3) is 0.333. The molecule has 0 bridgehead atoms. The molecule has 13 heavy (non-hydrogen) atoms. The van der Waals surface area contributed by atoms with Crippen molar-refractivity contribution in [1.82, 2.24) is 0 Å². The van der Waals surface area contributed by atoms with Crippen LogP contribution < -0.4 is 0 Å². The van der Waals surface area contributed by atoms with E-state index in [1.807, 2.05) is 0 Å². The van der Waals surface area contributed by atoms with Crippen LogP contribution >= 0.6 is 0 Å². The molecular weight excluding hydrogens is 235 g/mol. The molecule has 0 spiro atoms. The van der Waals surface area contributed by atoms with Gasteiger partial charge < -0.3 is 0 Å². The Morgan fingerprint density at radius 1 is 1.23 bits per heavy atom. The van der Waals surface area contributed by atoms with Crippen molar-refractivity contribution in [3.8, 4) is 0 Å². The Morgan fingerprint density at radius 3 is 2.77 bits per heavy atom. The summed E-state index contributed by atoms with van der Waals surface area (Å²) in [5, 5.41) is 0. The molecule has 1 aliphatic carbocycles. The fourth-order valence-corrected chi connectivity index (χ4v) is 1.89. The van der Waals surface area contributed by atoms with Crippen molar-refractivity contribution in [3.63, 3.8) is 0 Å². The van der Waals surface area contributed by atoms with E-state index in [0.717, 1.165) is 0 Å². The van der Waals surface area contributed by atoms with Gasteiger partial charge in [0.25, 0.3) is 0 Å². The molecule has 0 heterocycles. The van der Waals surface area contributed by atoms with E-state index < -0.39 is 0 Å². The van der Waals surface area contributed by atoms with E-state index in [2.05, 4.69) is 43.3 Å². The molecule has 66 valence electrons.